The predicted octanol–water partition coefficient (Wildman–Crippen LogP) is 6.54. The molecule has 3 amide bonds. The summed E-state index contributed by atoms with van der Waals surface area (Å²) in [5.41, 5.74) is 1.71. The lowest BCUT2D eigenvalue weighted by Gasteiger charge is -2.11. The van der Waals surface area contributed by atoms with Gasteiger partial charge in [-0.3, -0.25) is 14.4 Å². The van der Waals surface area contributed by atoms with Crippen LogP contribution in [-0.2, 0) is 9.59 Å². The summed E-state index contributed by atoms with van der Waals surface area (Å²) in [6, 6.07) is 26.6. The molecular weight excluding hydrogens is 526 g/mol. The van der Waals surface area contributed by atoms with Gasteiger partial charge >= 0.3 is 0 Å². The van der Waals surface area contributed by atoms with Crippen molar-refractivity contribution in [2.24, 2.45) is 0 Å². The first kappa shape index (κ1) is 26.2. The van der Waals surface area contributed by atoms with E-state index >= 15 is 0 Å². The maximum Gasteiger partial charge on any atom is 0.272 e. The minimum absolute atomic E-state index is 0.131. The number of carbonyl (C=O) groups excluding carboxylic acids is 3. The minimum Gasteiger partial charge on any atom is -0.324 e. The van der Waals surface area contributed by atoms with Crippen LogP contribution in [0.3, 0.4) is 0 Å². The Hall–Kier alpha value is -3.85. The van der Waals surface area contributed by atoms with Crippen molar-refractivity contribution in [1.82, 2.24) is 5.32 Å². The lowest BCUT2D eigenvalue weighted by molar-refractivity contribution is -0.114. The van der Waals surface area contributed by atoms with Crippen LogP contribution in [0.5, 0.6) is 0 Å². The van der Waals surface area contributed by atoms with Gasteiger partial charge in [0.1, 0.15) is 5.70 Å². The Kier molecular flexibility index (Phi) is 9.15. The normalized spacial score (nSPS) is 11.0. The molecule has 186 valence electrons. The lowest BCUT2D eigenvalue weighted by Crippen LogP contribution is -2.30. The number of hydrogen-bond donors (Lipinski definition) is 3. The molecule has 0 fully saturated rings. The van der Waals surface area contributed by atoms with Gasteiger partial charge in [-0.2, -0.15) is 0 Å². The Morgan fingerprint density at radius 3 is 2.27 bits per heavy atom. The van der Waals surface area contributed by atoms with E-state index in [9.17, 15) is 14.4 Å². The van der Waals surface area contributed by atoms with E-state index in [2.05, 4.69) is 16.0 Å². The molecule has 0 aliphatic rings. The Morgan fingerprint density at radius 2 is 1.57 bits per heavy atom. The predicted molar refractivity (Wildman–Crippen MR) is 152 cm³/mol. The highest BCUT2D eigenvalue weighted by Gasteiger charge is 2.15. The van der Waals surface area contributed by atoms with Gasteiger partial charge in [0, 0.05) is 21.0 Å². The molecule has 0 spiro atoms. The van der Waals surface area contributed by atoms with Gasteiger partial charge in [-0.05, 0) is 66.1 Å². The molecule has 6 nitrogen and oxygen atoms in total. The quantitative estimate of drug-likeness (QED) is 0.164. The van der Waals surface area contributed by atoms with Gasteiger partial charge in [-0.25, -0.2) is 0 Å². The fourth-order valence-corrected chi connectivity index (χ4v) is 4.73. The van der Waals surface area contributed by atoms with Crippen molar-refractivity contribution in [3.63, 3.8) is 0 Å². The van der Waals surface area contributed by atoms with Crippen molar-refractivity contribution >= 4 is 69.9 Å². The van der Waals surface area contributed by atoms with Crippen molar-refractivity contribution in [3.05, 3.63) is 118 Å². The molecular formula is C28H22ClN3O3S2. The number of rotatable bonds is 9. The maximum atomic E-state index is 13.0. The first-order chi connectivity index (χ1) is 18.0. The van der Waals surface area contributed by atoms with Gasteiger partial charge in [-0.1, -0.05) is 48.0 Å². The summed E-state index contributed by atoms with van der Waals surface area (Å²) in [5.74, 6) is -0.790. The smallest absolute Gasteiger partial charge is 0.272 e. The number of nitrogens with one attached hydrogen (secondary N) is 3. The lowest BCUT2D eigenvalue weighted by atomic mass is 10.2. The van der Waals surface area contributed by atoms with Crippen LogP contribution in [0.15, 0.2) is 107 Å². The SMILES string of the molecule is O=C(CSc1ccc(NC(=O)/C(=C/c2cccs2)NC(=O)c2ccccc2)cc1)Nc1ccccc1Cl. The van der Waals surface area contributed by atoms with E-state index in [1.54, 1.807) is 66.7 Å². The second-order valence-corrected chi connectivity index (χ2v) is 10.1. The molecule has 0 atom stereocenters. The van der Waals surface area contributed by atoms with Gasteiger partial charge in [0.15, 0.2) is 0 Å². The third kappa shape index (κ3) is 7.82. The van der Waals surface area contributed by atoms with E-state index in [0.29, 0.717) is 22.0 Å². The van der Waals surface area contributed by atoms with Gasteiger partial charge < -0.3 is 16.0 Å². The number of amides is 3. The van der Waals surface area contributed by atoms with Crippen LogP contribution in [0.25, 0.3) is 6.08 Å². The molecule has 0 radical (unpaired) electrons. The highest BCUT2D eigenvalue weighted by Crippen LogP contribution is 2.23. The fraction of sp³-hybridized carbons (Fsp3) is 0.0357. The number of anilines is 2. The van der Waals surface area contributed by atoms with Crippen molar-refractivity contribution < 1.29 is 14.4 Å². The van der Waals surface area contributed by atoms with Crippen molar-refractivity contribution in [2.75, 3.05) is 16.4 Å². The second kappa shape index (κ2) is 12.9. The van der Waals surface area contributed by atoms with Gasteiger partial charge in [0.05, 0.1) is 16.5 Å². The Bertz CT molecular complexity index is 1410. The van der Waals surface area contributed by atoms with E-state index in [1.165, 1.54) is 23.1 Å². The fourth-order valence-electron chi connectivity index (χ4n) is 3.19. The first-order valence-electron chi connectivity index (χ1n) is 11.2. The second-order valence-electron chi connectivity index (χ2n) is 7.69. The maximum absolute atomic E-state index is 13.0. The number of hydrogen-bond acceptors (Lipinski definition) is 5. The molecule has 3 N–H and O–H groups in total. The molecule has 1 heterocycles. The van der Waals surface area contributed by atoms with Gasteiger partial charge in [-0.15, -0.1) is 23.1 Å². The molecule has 0 bridgehead atoms. The first-order valence-corrected chi connectivity index (χ1v) is 13.4. The van der Waals surface area contributed by atoms with E-state index in [4.69, 9.17) is 11.6 Å². The largest absolute Gasteiger partial charge is 0.324 e. The van der Waals surface area contributed by atoms with Crippen molar-refractivity contribution in [3.8, 4) is 0 Å². The molecule has 0 saturated heterocycles. The van der Waals surface area contributed by atoms with Crippen molar-refractivity contribution in [1.29, 1.82) is 0 Å². The van der Waals surface area contributed by atoms with Crippen LogP contribution in [0.4, 0.5) is 11.4 Å². The average molecular weight is 548 g/mol. The van der Waals surface area contributed by atoms with E-state index in [0.717, 1.165) is 9.77 Å². The Labute approximate surface area is 227 Å². The molecule has 3 aromatic carbocycles. The molecule has 0 saturated carbocycles. The number of thioether (sulfide) groups is 1. The summed E-state index contributed by atoms with van der Waals surface area (Å²) >= 11 is 8.90. The number of para-hydroxylation sites is 1. The van der Waals surface area contributed by atoms with E-state index < -0.39 is 5.91 Å². The summed E-state index contributed by atoms with van der Waals surface area (Å²) in [4.78, 5) is 39.7. The van der Waals surface area contributed by atoms with Crippen molar-refractivity contribution in [2.45, 2.75) is 4.90 Å². The summed E-state index contributed by atoms with van der Waals surface area (Å²) in [6.07, 6.45) is 1.64. The number of halogens is 1. The standard InChI is InChI=1S/C28H22ClN3O3S2/c29-23-10-4-5-11-24(23)31-26(33)18-37-21-14-12-20(13-15-21)30-28(35)25(17-22-9-6-16-36-22)32-27(34)19-7-2-1-3-8-19/h1-17H,18H2,(H,30,35)(H,31,33)(H,32,34)/b25-17-. The molecule has 0 aliphatic heterocycles. The summed E-state index contributed by atoms with van der Waals surface area (Å²) in [5, 5.41) is 10.7. The van der Waals surface area contributed by atoms with Crippen LogP contribution in [0, 0.1) is 0 Å². The van der Waals surface area contributed by atoms with Crippen LogP contribution in [0.1, 0.15) is 15.2 Å². The van der Waals surface area contributed by atoms with Crippen LogP contribution < -0.4 is 16.0 Å². The molecule has 37 heavy (non-hydrogen) atoms. The number of carbonyl (C=O) groups is 3. The summed E-state index contributed by atoms with van der Waals surface area (Å²) < 4.78 is 0. The topological polar surface area (TPSA) is 87.3 Å². The van der Waals surface area contributed by atoms with Crippen LogP contribution >= 0.6 is 34.7 Å². The Balaban J connectivity index is 1.37. The zero-order valence-corrected chi connectivity index (χ0v) is 21.8. The molecule has 4 rings (SSSR count). The Morgan fingerprint density at radius 1 is 0.838 bits per heavy atom. The molecule has 9 heteroatoms. The molecule has 0 aliphatic carbocycles. The molecule has 0 unspecified atom stereocenters. The third-order valence-corrected chi connectivity index (χ3v) is 7.15. The zero-order valence-electron chi connectivity index (χ0n) is 19.4. The monoisotopic (exact) mass is 547 g/mol. The minimum atomic E-state index is -0.447. The highest BCUT2D eigenvalue weighted by molar-refractivity contribution is 8.00. The van der Waals surface area contributed by atoms with E-state index in [-0.39, 0.29) is 23.3 Å². The highest BCUT2D eigenvalue weighted by atomic mass is 35.5. The van der Waals surface area contributed by atoms with Gasteiger partial charge in [0.2, 0.25) is 5.91 Å². The van der Waals surface area contributed by atoms with Gasteiger partial charge in [0.25, 0.3) is 11.8 Å². The number of benzene rings is 3. The molecule has 4 aromatic rings. The zero-order chi connectivity index (χ0) is 26.0. The van der Waals surface area contributed by atoms with Crippen LogP contribution in [0.2, 0.25) is 5.02 Å². The average Bonchev–Trinajstić information content (AvgIpc) is 3.43. The summed E-state index contributed by atoms with van der Waals surface area (Å²) in [6.45, 7) is 0. The molecule has 1 aromatic heterocycles. The third-order valence-electron chi connectivity index (χ3n) is 4.99. The van der Waals surface area contributed by atoms with E-state index in [1.807, 2.05) is 35.7 Å². The number of thiophene rings is 1. The van der Waals surface area contributed by atoms with Crippen LogP contribution in [-0.4, -0.2) is 23.5 Å². The summed E-state index contributed by atoms with van der Waals surface area (Å²) in [7, 11) is 0.